The topological polar surface area (TPSA) is 0 Å². The Bertz CT molecular complexity index is 3190. The van der Waals surface area contributed by atoms with Crippen molar-refractivity contribution in [3.8, 4) is 0 Å². The molecule has 0 radical (unpaired) electrons. The van der Waals surface area contributed by atoms with Crippen LogP contribution in [0, 0.1) is 113 Å². The molecule has 9 aromatic rings. The SMILES string of the molecule is Cc1cc(C)c(C)s1.Cc1cc(CC(C)(C)C(F)(F)F)sc1C.Cc1cc(CC(C)(C)C)sc1C.Cc1sc2c(CC(C)C)cccc2c1C.Cc1sc2cc(CC(C)C)ccc2c1C.Cc1sc2ccccc2c1C. The fourth-order valence-electron chi connectivity index (χ4n) is 8.60. The maximum atomic E-state index is 12.6. The van der Waals surface area contributed by atoms with Crippen LogP contribution in [0.25, 0.3) is 30.3 Å². The van der Waals surface area contributed by atoms with E-state index in [1.807, 2.05) is 76.6 Å². The highest BCUT2D eigenvalue weighted by atomic mass is 32.1. The van der Waals surface area contributed by atoms with Gasteiger partial charge in [0.15, 0.2) is 0 Å². The number of alkyl halides is 3. The van der Waals surface area contributed by atoms with Gasteiger partial charge in [0, 0.05) is 58.0 Å². The fourth-order valence-corrected chi connectivity index (χ4v) is 15.6. The van der Waals surface area contributed by atoms with Crippen molar-refractivity contribution in [2.45, 2.75) is 184 Å². The van der Waals surface area contributed by atoms with Gasteiger partial charge in [-0.25, -0.2) is 0 Å². The van der Waals surface area contributed by atoms with Crippen molar-refractivity contribution in [2.24, 2.45) is 22.7 Å². The summed E-state index contributed by atoms with van der Waals surface area (Å²) in [6, 6.07) is 28.6. The fraction of sp³-hybridized carbons (Fsp3) is 0.463. The van der Waals surface area contributed by atoms with E-state index < -0.39 is 11.6 Å². The molecule has 0 aliphatic rings. The van der Waals surface area contributed by atoms with E-state index in [1.165, 1.54) is 148 Å². The standard InChI is InChI=1S/2C14H18S.C11H15F3S.C11H18S.C10H10S.C7H10S/c1-9(2)7-12-5-6-13-10(3)11(4)15-14(13)8-12;1-9(2)8-12-6-5-7-13-10(3)11(4)15-14(12)13;1-7-5-9(15-8(7)2)6-10(3,4)11(12,13)14;1-8-6-10(12-9(8)2)7-11(3,4)5;1-7-8(2)11-10-6-4-3-5-9(7)10;1-5-4-6(2)8-7(5)3/h5-6,8-9H,7H2,1-4H3;5-7,9H,8H2,1-4H3;5H,6H2,1-4H3;6H,7H2,1-5H3;3-6H,1-2H3;4H,1-3H3. The Morgan fingerprint density at radius 2 is 0.882 bits per heavy atom. The lowest BCUT2D eigenvalue weighted by Crippen LogP contribution is -2.33. The third kappa shape index (κ3) is 19.1. The van der Waals surface area contributed by atoms with Crippen molar-refractivity contribution in [1.82, 2.24) is 0 Å². The molecule has 3 aromatic carbocycles. The first-order valence-electron chi connectivity index (χ1n) is 26.8. The molecule has 0 nitrogen and oxygen atoms in total. The van der Waals surface area contributed by atoms with E-state index in [0.717, 1.165) is 27.2 Å². The molecule has 0 unspecified atom stereocenters. The number of rotatable bonds is 7. The largest absolute Gasteiger partial charge is 0.394 e. The van der Waals surface area contributed by atoms with E-state index in [1.54, 1.807) is 0 Å². The molecule has 0 N–H and O–H groups in total. The van der Waals surface area contributed by atoms with Crippen LogP contribution in [0.5, 0.6) is 0 Å². The lowest BCUT2D eigenvalue weighted by atomic mass is 9.88. The summed E-state index contributed by atoms with van der Waals surface area (Å²) in [6.45, 7) is 46.4. The van der Waals surface area contributed by atoms with Crippen LogP contribution >= 0.6 is 68.0 Å². The predicted molar refractivity (Wildman–Crippen MR) is 344 cm³/mol. The zero-order valence-electron chi connectivity index (χ0n) is 50.1. The molecule has 414 valence electrons. The van der Waals surface area contributed by atoms with Gasteiger partial charge in [0.2, 0.25) is 0 Å². The van der Waals surface area contributed by atoms with Crippen molar-refractivity contribution in [3.05, 3.63) is 167 Å². The van der Waals surface area contributed by atoms with E-state index in [2.05, 4.69) is 197 Å². The van der Waals surface area contributed by atoms with Gasteiger partial charge in [0.25, 0.3) is 0 Å². The Morgan fingerprint density at radius 3 is 1.33 bits per heavy atom. The first kappa shape index (κ1) is 65.0. The third-order valence-corrected chi connectivity index (χ3v) is 20.7. The minimum Gasteiger partial charge on any atom is -0.171 e. The van der Waals surface area contributed by atoms with Crippen LogP contribution in [0.4, 0.5) is 13.2 Å². The van der Waals surface area contributed by atoms with Crippen LogP contribution in [0.15, 0.2) is 78.9 Å². The van der Waals surface area contributed by atoms with Crippen LogP contribution < -0.4 is 0 Å². The molecule has 0 aliphatic heterocycles. The number of benzene rings is 3. The Hall–Kier alpha value is -3.57. The molecule has 76 heavy (non-hydrogen) atoms. The number of halogens is 3. The third-order valence-electron chi connectivity index (χ3n) is 13.7. The molecule has 6 aromatic heterocycles. The summed E-state index contributed by atoms with van der Waals surface area (Å²) < 4.78 is 42.2. The van der Waals surface area contributed by atoms with Crippen LogP contribution in [0.2, 0.25) is 0 Å². The lowest BCUT2D eigenvalue weighted by Gasteiger charge is -2.26. The lowest BCUT2D eigenvalue weighted by molar-refractivity contribution is -0.210. The van der Waals surface area contributed by atoms with Gasteiger partial charge in [-0.2, -0.15) is 13.2 Å². The van der Waals surface area contributed by atoms with Crippen molar-refractivity contribution in [1.29, 1.82) is 0 Å². The molecule has 0 spiro atoms. The Kier molecular flexibility index (Phi) is 24.0. The number of hydrogen-bond donors (Lipinski definition) is 0. The van der Waals surface area contributed by atoms with Crippen molar-refractivity contribution >= 4 is 98.3 Å². The average molecular weight is 1140 g/mol. The van der Waals surface area contributed by atoms with Crippen molar-refractivity contribution in [3.63, 3.8) is 0 Å². The van der Waals surface area contributed by atoms with Crippen LogP contribution in [0.3, 0.4) is 0 Å². The monoisotopic (exact) mass is 1140 g/mol. The number of aryl methyl sites for hydroxylation is 13. The van der Waals surface area contributed by atoms with Crippen LogP contribution in [-0.2, 0) is 25.7 Å². The molecule has 9 rings (SSSR count). The molecule has 0 saturated heterocycles. The first-order valence-corrected chi connectivity index (χ1v) is 31.7. The zero-order valence-corrected chi connectivity index (χ0v) is 55.0. The molecule has 9 heteroatoms. The molecule has 0 fully saturated rings. The van der Waals surface area contributed by atoms with Crippen LogP contribution in [0.1, 0.15) is 151 Å². The van der Waals surface area contributed by atoms with Gasteiger partial charge >= 0.3 is 6.18 Å². The number of fused-ring (bicyclic) bond motifs is 3. The summed E-state index contributed by atoms with van der Waals surface area (Å²) in [4.78, 5) is 12.1. The molecule has 0 atom stereocenters. The summed E-state index contributed by atoms with van der Waals surface area (Å²) >= 11 is 11.0. The molecular weight excluding hydrogens is 1050 g/mol. The Labute approximate surface area is 481 Å². The molecule has 0 saturated carbocycles. The van der Waals surface area contributed by atoms with E-state index in [9.17, 15) is 13.2 Å². The van der Waals surface area contributed by atoms with Gasteiger partial charge in [-0.1, -0.05) is 111 Å². The number of thiophene rings is 6. The van der Waals surface area contributed by atoms with E-state index in [-0.39, 0.29) is 6.42 Å². The molecule has 0 amide bonds. The molecule has 0 bridgehead atoms. The summed E-state index contributed by atoms with van der Waals surface area (Å²) in [5.41, 5.74) is 10.1. The second kappa shape index (κ2) is 28.0. The summed E-state index contributed by atoms with van der Waals surface area (Å²) in [5, 5.41) is 4.30. The van der Waals surface area contributed by atoms with Gasteiger partial charge in [0.05, 0.1) is 5.41 Å². The molecule has 0 aliphatic carbocycles. The average Bonchev–Trinajstić information content (AvgIpc) is 4.11. The first-order chi connectivity index (χ1) is 35.2. The highest BCUT2D eigenvalue weighted by Gasteiger charge is 2.47. The molecule has 6 heterocycles. The van der Waals surface area contributed by atoms with E-state index in [4.69, 9.17) is 0 Å². The Morgan fingerprint density at radius 1 is 0.421 bits per heavy atom. The minimum absolute atomic E-state index is 0.0653. The highest BCUT2D eigenvalue weighted by molar-refractivity contribution is 7.20. The van der Waals surface area contributed by atoms with Gasteiger partial charge in [-0.15, -0.1) is 68.0 Å². The van der Waals surface area contributed by atoms with Gasteiger partial charge < -0.3 is 0 Å². The zero-order chi connectivity index (χ0) is 57.2. The molecular formula is C67H89F3S6. The van der Waals surface area contributed by atoms with Crippen molar-refractivity contribution < 1.29 is 13.2 Å². The quantitative estimate of drug-likeness (QED) is 0.149. The van der Waals surface area contributed by atoms with E-state index in [0.29, 0.717) is 5.41 Å². The second-order valence-electron chi connectivity index (χ2n) is 23.5. The van der Waals surface area contributed by atoms with E-state index >= 15 is 0 Å². The van der Waals surface area contributed by atoms with Gasteiger partial charge in [-0.3, -0.25) is 0 Å². The minimum atomic E-state index is -4.14. The van der Waals surface area contributed by atoms with Gasteiger partial charge in [-0.05, 0) is 224 Å². The summed E-state index contributed by atoms with van der Waals surface area (Å²) in [6.07, 6.45) is -0.496. The predicted octanol–water partition coefficient (Wildman–Crippen LogP) is 24.1. The maximum absolute atomic E-state index is 12.6. The summed E-state index contributed by atoms with van der Waals surface area (Å²) in [5.74, 6) is 1.47. The highest BCUT2D eigenvalue weighted by Crippen LogP contribution is 2.42. The smallest absolute Gasteiger partial charge is 0.171 e. The summed E-state index contributed by atoms with van der Waals surface area (Å²) in [7, 11) is 0. The van der Waals surface area contributed by atoms with Crippen molar-refractivity contribution in [2.75, 3.05) is 0 Å². The second-order valence-corrected chi connectivity index (χ2v) is 31.3. The maximum Gasteiger partial charge on any atom is 0.394 e. The Balaban J connectivity index is 0.000000199. The van der Waals surface area contributed by atoms with Crippen LogP contribution in [-0.4, -0.2) is 6.18 Å². The van der Waals surface area contributed by atoms with Gasteiger partial charge in [0.1, 0.15) is 0 Å². The normalized spacial score (nSPS) is 11.7. The number of hydrogen-bond acceptors (Lipinski definition) is 6.